The molecule has 1 unspecified atom stereocenters. The molecule has 29 heavy (non-hydrogen) atoms. The molecule has 1 N–H and O–H groups in total. The predicted octanol–water partition coefficient (Wildman–Crippen LogP) is 7.29. The molecule has 0 heterocycles. The minimum absolute atomic E-state index is 0.0754. The van der Waals surface area contributed by atoms with Crippen LogP contribution in [0.2, 0.25) is 10.1 Å². The van der Waals surface area contributed by atoms with Crippen LogP contribution in [0.4, 0.5) is 0 Å². The van der Waals surface area contributed by atoms with Crippen molar-refractivity contribution in [3.8, 4) is 0 Å². The van der Waals surface area contributed by atoms with Crippen LogP contribution in [0.5, 0.6) is 0 Å². The first-order valence-corrected chi connectivity index (χ1v) is 14.9. The van der Waals surface area contributed by atoms with Crippen LogP contribution in [0.15, 0.2) is 11.6 Å². The molecule has 0 saturated heterocycles. The third-order valence-corrected chi connectivity index (χ3v) is 12.6. The maximum atomic E-state index is 10.2. The average Bonchev–Trinajstić information content (AvgIpc) is 3.03. The van der Waals surface area contributed by atoms with Crippen molar-refractivity contribution in [2.75, 3.05) is 0 Å². The standard InChI is InChI=1S/C27H46OSe/c1-18(2)29-16-6-7-19(3)23-10-11-24-22-9-8-20-17-21(28)12-14-26(20,4)25(22)13-15-27(23,24)5/h8,18-19,21-25,28H,6-7,9-17H2,1-5H3/t19-,21?,22+,23-,24+,25+,26+,27-/m1/s1. The van der Waals surface area contributed by atoms with Crippen molar-refractivity contribution in [2.45, 2.75) is 115 Å². The fourth-order valence-electron chi connectivity index (χ4n) is 8.54. The van der Waals surface area contributed by atoms with E-state index < -0.39 is 0 Å². The van der Waals surface area contributed by atoms with E-state index in [1.165, 1.54) is 56.7 Å². The molecule has 0 bridgehead atoms. The quantitative estimate of drug-likeness (QED) is 0.248. The summed E-state index contributed by atoms with van der Waals surface area (Å²) >= 11 is 0.856. The second kappa shape index (κ2) is 8.63. The van der Waals surface area contributed by atoms with Crippen molar-refractivity contribution in [3.05, 3.63) is 11.6 Å². The Kier molecular flexibility index (Phi) is 6.67. The molecule has 3 saturated carbocycles. The van der Waals surface area contributed by atoms with Gasteiger partial charge in [0.25, 0.3) is 0 Å². The van der Waals surface area contributed by atoms with Gasteiger partial charge in [-0.05, 0) is 0 Å². The second-order valence-corrected chi connectivity index (χ2v) is 15.5. The van der Waals surface area contributed by atoms with Gasteiger partial charge in [0, 0.05) is 0 Å². The Hall–Kier alpha value is 0.219. The number of aliphatic hydroxyl groups is 1. The van der Waals surface area contributed by atoms with Crippen molar-refractivity contribution in [1.29, 1.82) is 0 Å². The summed E-state index contributed by atoms with van der Waals surface area (Å²) in [4.78, 5) is 0.924. The van der Waals surface area contributed by atoms with Crippen molar-refractivity contribution in [3.63, 3.8) is 0 Å². The Morgan fingerprint density at radius 2 is 1.86 bits per heavy atom. The zero-order valence-corrected chi connectivity index (χ0v) is 21.5. The van der Waals surface area contributed by atoms with Crippen LogP contribution in [0.25, 0.3) is 0 Å². The Labute approximate surface area is 187 Å². The molecule has 0 spiro atoms. The van der Waals surface area contributed by atoms with E-state index >= 15 is 0 Å². The Morgan fingerprint density at radius 1 is 1.07 bits per heavy atom. The fourth-order valence-corrected chi connectivity index (χ4v) is 10.2. The molecule has 8 atom stereocenters. The van der Waals surface area contributed by atoms with Gasteiger partial charge >= 0.3 is 176 Å². The van der Waals surface area contributed by atoms with Gasteiger partial charge in [-0.25, -0.2) is 0 Å². The van der Waals surface area contributed by atoms with Crippen LogP contribution in [-0.2, 0) is 0 Å². The van der Waals surface area contributed by atoms with E-state index in [-0.39, 0.29) is 6.10 Å². The third kappa shape index (κ3) is 4.05. The van der Waals surface area contributed by atoms with Gasteiger partial charge in [-0.3, -0.25) is 0 Å². The Bertz CT molecular complexity index is 612. The molecule has 2 heteroatoms. The Morgan fingerprint density at radius 3 is 2.62 bits per heavy atom. The zero-order valence-electron chi connectivity index (χ0n) is 19.8. The summed E-state index contributed by atoms with van der Waals surface area (Å²) in [5.41, 5.74) is 2.61. The summed E-state index contributed by atoms with van der Waals surface area (Å²) < 4.78 is 0. The second-order valence-electron chi connectivity index (χ2n) is 11.9. The van der Waals surface area contributed by atoms with Gasteiger partial charge in [0.2, 0.25) is 0 Å². The molecule has 1 nitrogen and oxygen atoms in total. The van der Waals surface area contributed by atoms with E-state index in [2.05, 4.69) is 40.7 Å². The summed E-state index contributed by atoms with van der Waals surface area (Å²) in [5.74, 6) is 4.64. The van der Waals surface area contributed by atoms with Crippen molar-refractivity contribution < 1.29 is 5.11 Å². The van der Waals surface area contributed by atoms with Crippen LogP contribution in [0, 0.1) is 40.4 Å². The molecule has 0 aliphatic heterocycles. The Balaban J connectivity index is 1.44. The molecule has 4 rings (SSSR count). The van der Waals surface area contributed by atoms with E-state index in [4.69, 9.17) is 0 Å². The number of allylic oxidation sites excluding steroid dienone is 1. The normalized spacial score (nSPS) is 45.3. The first-order valence-electron chi connectivity index (χ1n) is 12.7. The van der Waals surface area contributed by atoms with Crippen molar-refractivity contribution in [2.24, 2.45) is 40.4 Å². The van der Waals surface area contributed by atoms with Crippen molar-refractivity contribution >= 4 is 15.0 Å². The van der Waals surface area contributed by atoms with Crippen LogP contribution in [0.1, 0.15) is 98.8 Å². The van der Waals surface area contributed by atoms with Crippen LogP contribution in [0.3, 0.4) is 0 Å². The number of rotatable bonds is 6. The van der Waals surface area contributed by atoms with Crippen molar-refractivity contribution in [1.82, 2.24) is 0 Å². The van der Waals surface area contributed by atoms with Gasteiger partial charge < -0.3 is 5.11 Å². The summed E-state index contributed by atoms with van der Waals surface area (Å²) in [7, 11) is 0. The zero-order chi connectivity index (χ0) is 20.8. The van der Waals surface area contributed by atoms with E-state index in [0.29, 0.717) is 10.8 Å². The first kappa shape index (κ1) is 22.4. The summed E-state index contributed by atoms with van der Waals surface area (Å²) in [6.45, 7) is 12.6. The molecule has 0 amide bonds. The van der Waals surface area contributed by atoms with E-state index in [0.717, 1.165) is 62.2 Å². The molecule has 4 aliphatic carbocycles. The number of aliphatic hydroxyl groups excluding tert-OH is 1. The third-order valence-electron chi connectivity index (χ3n) is 10.1. The molecule has 0 radical (unpaired) electrons. The predicted molar refractivity (Wildman–Crippen MR) is 125 cm³/mol. The maximum absolute atomic E-state index is 10.2. The SMILES string of the molecule is CC(C)[Se]CCC[C@@H](C)[C@H]1CC[C@H]2[C@@H]3CC=C4CC(O)CC[C@]4(C)[C@H]3CC[C@]12C. The molecule has 3 fully saturated rings. The van der Waals surface area contributed by atoms with Gasteiger partial charge in [-0.2, -0.15) is 0 Å². The number of hydrogen-bond donors (Lipinski definition) is 1. The van der Waals surface area contributed by atoms with Crippen LogP contribution >= 0.6 is 0 Å². The molecule has 0 aromatic rings. The van der Waals surface area contributed by atoms with E-state index in [1.54, 1.807) is 5.57 Å². The minimum atomic E-state index is -0.0754. The van der Waals surface area contributed by atoms with E-state index in [9.17, 15) is 5.11 Å². The molecule has 0 aromatic heterocycles. The van der Waals surface area contributed by atoms with Crippen LogP contribution < -0.4 is 0 Å². The molecule has 4 aliphatic rings. The topological polar surface area (TPSA) is 20.2 Å². The summed E-state index contributed by atoms with van der Waals surface area (Å²) in [6, 6.07) is 0. The van der Waals surface area contributed by atoms with Gasteiger partial charge in [0.15, 0.2) is 0 Å². The van der Waals surface area contributed by atoms with E-state index in [1.807, 2.05) is 0 Å². The number of hydrogen-bond acceptors (Lipinski definition) is 1. The summed E-state index contributed by atoms with van der Waals surface area (Å²) in [5, 5.41) is 11.7. The fraction of sp³-hybridized carbons (Fsp3) is 0.926. The summed E-state index contributed by atoms with van der Waals surface area (Å²) in [6.07, 6.45) is 15.9. The average molecular weight is 466 g/mol. The molecular weight excluding hydrogens is 419 g/mol. The number of fused-ring (bicyclic) bond motifs is 5. The monoisotopic (exact) mass is 466 g/mol. The molecular formula is C27H46OSe. The molecule has 0 aromatic carbocycles. The van der Waals surface area contributed by atoms with Gasteiger partial charge in [-0.1, -0.05) is 0 Å². The first-order chi connectivity index (χ1) is 13.8. The van der Waals surface area contributed by atoms with Gasteiger partial charge in [0.1, 0.15) is 0 Å². The van der Waals surface area contributed by atoms with Gasteiger partial charge in [0.05, 0.1) is 6.10 Å². The molecule has 166 valence electrons. The van der Waals surface area contributed by atoms with Gasteiger partial charge in [-0.15, -0.1) is 0 Å². The van der Waals surface area contributed by atoms with Crippen LogP contribution in [-0.4, -0.2) is 26.2 Å².